The maximum atomic E-state index is 9.24. The minimum Gasteiger partial charge on any atom is -0.486 e. The lowest BCUT2D eigenvalue weighted by atomic mass is 9.93. The third kappa shape index (κ3) is 1.76. The van der Waals surface area contributed by atoms with Gasteiger partial charge in [-0.3, -0.25) is 0 Å². The Balaban J connectivity index is 2.52. The third-order valence-corrected chi connectivity index (χ3v) is 3.24. The predicted octanol–water partition coefficient (Wildman–Crippen LogP) is 2.17. The molecule has 1 atom stereocenters. The number of fused-ring (bicyclic) bond motifs is 1. The molecular weight excluding hydrogens is 204 g/mol. The third-order valence-electron chi connectivity index (χ3n) is 3.24. The summed E-state index contributed by atoms with van der Waals surface area (Å²) in [6.45, 7) is 7.48. The van der Waals surface area contributed by atoms with Crippen molar-refractivity contribution in [3.05, 3.63) is 22.8 Å². The van der Waals surface area contributed by atoms with Crippen LogP contribution in [0.25, 0.3) is 0 Å². The van der Waals surface area contributed by atoms with E-state index < -0.39 is 0 Å². The molecule has 1 N–H and O–H groups in total. The van der Waals surface area contributed by atoms with Gasteiger partial charge in [0.05, 0.1) is 0 Å². The minimum absolute atomic E-state index is 0.134. The number of rotatable bonds is 2. The molecule has 0 radical (unpaired) electrons. The van der Waals surface area contributed by atoms with Crippen LogP contribution in [0, 0.1) is 13.8 Å². The van der Waals surface area contributed by atoms with E-state index in [1.54, 1.807) is 0 Å². The van der Waals surface area contributed by atoms with Crippen LogP contribution in [0.3, 0.4) is 0 Å². The Morgan fingerprint density at radius 1 is 1.25 bits per heavy atom. The molecule has 88 valence electrons. The summed E-state index contributed by atoms with van der Waals surface area (Å²) in [7, 11) is 0. The van der Waals surface area contributed by atoms with Gasteiger partial charge in [-0.25, -0.2) is 0 Å². The fourth-order valence-electron chi connectivity index (χ4n) is 2.08. The van der Waals surface area contributed by atoms with Crippen molar-refractivity contribution in [1.82, 2.24) is 0 Å². The molecule has 0 aliphatic carbocycles. The van der Waals surface area contributed by atoms with E-state index in [4.69, 9.17) is 9.47 Å². The van der Waals surface area contributed by atoms with E-state index in [1.807, 2.05) is 19.9 Å². The van der Waals surface area contributed by atoms with Crippen molar-refractivity contribution in [2.45, 2.75) is 26.7 Å². The molecule has 3 heteroatoms. The zero-order chi connectivity index (χ0) is 11.7. The number of aliphatic hydroxyl groups is 1. The molecule has 0 bridgehead atoms. The second-order valence-corrected chi connectivity index (χ2v) is 4.32. The quantitative estimate of drug-likeness (QED) is 0.833. The molecule has 1 heterocycles. The zero-order valence-corrected chi connectivity index (χ0v) is 10.0. The van der Waals surface area contributed by atoms with Crippen LogP contribution < -0.4 is 9.47 Å². The Hall–Kier alpha value is -1.22. The van der Waals surface area contributed by atoms with Gasteiger partial charge in [-0.2, -0.15) is 0 Å². The lowest BCUT2D eigenvalue weighted by Crippen LogP contribution is -2.17. The van der Waals surface area contributed by atoms with E-state index in [9.17, 15) is 5.11 Å². The lowest BCUT2D eigenvalue weighted by Gasteiger charge is -2.24. The van der Waals surface area contributed by atoms with Gasteiger partial charge < -0.3 is 14.6 Å². The SMILES string of the molecule is Cc1c(C(C)CO)cc2c(c1C)OCCO2. The Morgan fingerprint density at radius 2 is 1.94 bits per heavy atom. The molecular formula is C13H18O3. The molecule has 1 aliphatic rings. The first-order valence-electron chi connectivity index (χ1n) is 5.65. The normalized spacial score (nSPS) is 16.0. The lowest BCUT2D eigenvalue weighted by molar-refractivity contribution is 0.170. The Bertz CT molecular complexity index is 399. The van der Waals surface area contributed by atoms with E-state index in [-0.39, 0.29) is 12.5 Å². The number of hydrogen-bond acceptors (Lipinski definition) is 3. The second kappa shape index (κ2) is 4.34. The van der Waals surface area contributed by atoms with Crippen LogP contribution in [0.2, 0.25) is 0 Å². The van der Waals surface area contributed by atoms with Gasteiger partial charge in [-0.15, -0.1) is 0 Å². The molecule has 1 aliphatic heterocycles. The van der Waals surface area contributed by atoms with Gasteiger partial charge in [0.1, 0.15) is 13.2 Å². The van der Waals surface area contributed by atoms with E-state index >= 15 is 0 Å². The summed E-state index contributed by atoms with van der Waals surface area (Å²) in [5.74, 6) is 1.80. The van der Waals surface area contributed by atoms with Gasteiger partial charge in [0.2, 0.25) is 0 Å². The maximum Gasteiger partial charge on any atom is 0.164 e. The van der Waals surface area contributed by atoms with Crippen LogP contribution in [-0.2, 0) is 0 Å². The maximum absolute atomic E-state index is 9.24. The number of ether oxygens (including phenoxy) is 2. The van der Waals surface area contributed by atoms with Crippen LogP contribution in [0.5, 0.6) is 11.5 Å². The highest BCUT2D eigenvalue weighted by atomic mass is 16.6. The molecule has 16 heavy (non-hydrogen) atoms. The molecule has 0 spiro atoms. The van der Waals surface area contributed by atoms with Crippen LogP contribution in [0.4, 0.5) is 0 Å². The van der Waals surface area contributed by atoms with Crippen LogP contribution in [0.15, 0.2) is 6.07 Å². The van der Waals surface area contributed by atoms with Crippen molar-refractivity contribution in [1.29, 1.82) is 0 Å². The first-order valence-corrected chi connectivity index (χ1v) is 5.65. The minimum atomic E-state index is 0.134. The summed E-state index contributed by atoms with van der Waals surface area (Å²) in [6, 6.07) is 2.00. The number of aliphatic hydroxyl groups excluding tert-OH is 1. The second-order valence-electron chi connectivity index (χ2n) is 4.32. The van der Waals surface area contributed by atoms with Gasteiger partial charge in [0.25, 0.3) is 0 Å². The Morgan fingerprint density at radius 3 is 2.62 bits per heavy atom. The van der Waals surface area contributed by atoms with Crippen molar-refractivity contribution in [3.8, 4) is 11.5 Å². The average molecular weight is 222 g/mol. The predicted molar refractivity (Wildman–Crippen MR) is 62.4 cm³/mol. The van der Waals surface area contributed by atoms with Gasteiger partial charge >= 0.3 is 0 Å². The summed E-state index contributed by atoms with van der Waals surface area (Å²) < 4.78 is 11.2. The van der Waals surface area contributed by atoms with Crippen LogP contribution in [-0.4, -0.2) is 24.9 Å². The topological polar surface area (TPSA) is 38.7 Å². The zero-order valence-electron chi connectivity index (χ0n) is 10.0. The van der Waals surface area contributed by atoms with E-state index in [0.717, 1.165) is 22.6 Å². The summed E-state index contributed by atoms with van der Waals surface area (Å²) in [6.07, 6.45) is 0. The molecule has 3 nitrogen and oxygen atoms in total. The summed E-state index contributed by atoms with van der Waals surface area (Å²) >= 11 is 0. The largest absolute Gasteiger partial charge is 0.486 e. The number of hydrogen-bond donors (Lipinski definition) is 1. The standard InChI is InChI=1S/C13H18O3/c1-8(7-14)11-6-12-13(10(3)9(11)2)16-5-4-15-12/h6,8,14H,4-5,7H2,1-3H3. The molecule has 0 fully saturated rings. The molecule has 0 amide bonds. The highest BCUT2D eigenvalue weighted by Crippen LogP contribution is 2.39. The Kier molecular flexibility index (Phi) is 3.06. The summed E-state index contributed by atoms with van der Waals surface area (Å²) in [5, 5.41) is 9.24. The van der Waals surface area contributed by atoms with Gasteiger partial charge in [0.15, 0.2) is 11.5 Å². The van der Waals surface area contributed by atoms with Crippen LogP contribution in [0.1, 0.15) is 29.5 Å². The summed E-state index contributed by atoms with van der Waals surface area (Å²) in [4.78, 5) is 0. The van der Waals surface area contributed by atoms with E-state index in [2.05, 4.69) is 6.92 Å². The molecule has 1 aromatic carbocycles. The average Bonchev–Trinajstić information content (AvgIpc) is 2.33. The first kappa shape index (κ1) is 11.3. The van der Waals surface area contributed by atoms with Gasteiger partial charge in [-0.05, 0) is 36.6 Å². The van der Waals surface area contributed by atoms with Crippen molar-refractivity contribution >= 4 is 0 Å². The van der Waals surface area contributed by atoms with Crippen molar-refractivity contribution < 1.29 is 14.6 Å². The van der Waals surface area contributed by atoms with Gasteiger partial charge in [-0.1, -0.05) is 6.92 Å². The molecule has 1 aromatic rings. The Labute approximate surface area is 96.0 Å². The molecule has 0 saturated carbocycles. The fourth-order valence-corrected chi connectivity index (χ4v) is 2.08. The van der Waals surface area contributed by atoms with Crippen molar-refractivity contribution in [2.75, 3.05) is 19.8 Å². The summed E-state index contributed by atoms with van der Waals surface area (Å²) in [5.41, 5.74) is 3.45. The van der Waals surface area contributed by atoms with Crippen molar-refractivity contribution in [3.63, 3.8) is 0 Å². The highest BCUT2D eigenvalue weighted by Gasteiger charge is 2.20. The van der Waals surface area contributed by atoms with E-state index in [0.29, 0.717) is 13.2 Å². The van der Waals surface area contributed by atoms with E-state index in [1.165, 1.54) is 5.56 Å². The van der Waals surface area contributed by atoms with Crippen molar-refractivity contribution in [2.24, 2.45) is 0 Å². The molecule has 0 aromatic heterocycles. The van der Waals surface area contributed by atoms with Gasteiger partial charge in [0, 0.05) is 12.5 Å². The smallest absolute Gasteiger partial charge is 0.164 e. The first-order chi connectivity index (χ1) is 7.65. The van der Waals surface area contributed by atoms with Crippen LogP contribution >= 0.6 is 0 Å². The highest BCUT2D eigenvalue weighted by molar-refractivity contribution is 5.54. The molecule has 0 saturated heterocycles. The molecule has 1 unspecified atom stereocenters. The fraction of sp³-hybridized carbons (Fsp3) is 0.538. The number of benzene rings is 1. The molecule has 2 rings (SSSR count). The monoisotopic (exact) mass is 222 g/mol.